The first-order valence-corrected chi connectivity index (χ1v) is 8.90. The summed E-state index contributed by atoms with van der Waals surface area (Å²) in [4.78, 5) is 9.61. The summed E-state index contributed by atoms with van der Waals surface area (Å²) < 4.78 is 2.16. The van der Waals surface area contributed by atoms with Crippen LogP contribution >= 0.6 is 0 Å². The summed E-state index contributed by atoms with van der Waals surface area (Å²) in [6.07, 6.45) is 1.16. The van der Waals surface area contributed by atoms with Crippen molar-refractivity contribution in [1.29, 1.82) is 5.26 Å². The number of aromatic nitrogens is 2. The first-order chi connectivity index (χ1) is 12.1. The number of benzene rings is 1. The van der Waals surface area contributed by atoms with Gasteiger partial charge in [0, 0.05) is 19.1 Å². The molecule has 3 heterocycles. The summed E-state index contributed by atoms with van der Waals surface area (Å²) in [6.45, 7) is 7.32. The number of nitrogens with zero attached hydrogens (tertiary/aromatic N) is 5. The van der Waals surface area contributed by atoms with E-state index in [2.05, 4.69) is 46.4 Å². The molecule has 0 radical (unpaired) electrons. The molecule has 5 nitrogen and oxygen atoms in total. The summed E-state index contributed by atoms with van der Waals surface area (Å²) in [5.74, 6) is 1.15. The van der Waals surface area contributed by atoms with E-state index < -0.39 is 0 Å². The molecule has 3 aromatic rings. The van der Waals surface area contributed by atoms with Gasteiger partial charge in [-0.2, -0.15) is 5.26 Å². The monoisotopic (exact) mass is 333 g/mol. The largest absolute Gasteiger partial charge is 0.356 e. The van der Waals surface area contributed by atoms with Gasteiger partial charge in [0.15, 0.2) is 5.65 Å². The number of anilines is 1. The molecule has 0 saturated carbocycles. The summed E-state index contributed by atoms with van der Waals surface area (Å²) >= 11 is 0. The minimum atomic E-state index is 0.575. The van der Waals surface area contributed by atoms with Gasteiger partial charge in [0.2, 0.25) is 0 Å². The lowest BCUT2D eigenvalue weighted by atomic mass is 10.1. The fraction of sp³-hybridized carbons (Fsp3) is 0.400. The SMILES string of the molecule is CCN(C)C1CCN(c2cc(C)c(C#N)c3nc4ccccc4n23)C1. The molecule has 0 amide bonds. The van der Waals surface area contributed by atoms with E-state index >= 15 is 0 Å². The number of hydrogen-bond acceptors (Lipinski definition) is 4. The molecular weight excluding hydrogens is 310 g/mol. The zero-order valence-electron chi connectivity index (χ0n) is 15.0. The predicted molar refractivity (Wildman–Crippen MR) is 101 cm³/mol. The van der Waals surface area contributed by atoms with E-state index in [4.69, 9.17) is 4.98 Å². The smallest absolute Gasteiger partial charge is 0.157 e. The highest BCUT2D eigenvalue weighted by Gasteiger charge is 2.28. The van der Waals surface area contributed by atoms with Gasteiger partial charge in [-0.05, 0) is 50.7 Å². The molecule has 1 unspecified atom stereocenters. The highest BCUT2D eigenvalue weighted by Crippen LogP contribution is 2.31. The number of pyridine rings is 1. The van der Waals surface area contributed by atoms with Gasteiger partial charge >= 0.3 is 0 Å². The van der Waals surface area contributed by atoms with Crippen molar-refractivity contribution in [3.63, 3.8) is 0 Å². The fourth-order valence-corrected chi connectivity index (χ4v) is 3.87. The maximum absolute atomic E-state index is 9.62. The molecule has 1 aliphatic heterocycles. The van der Waals surface area contributed by atoms with Crippen molar-refractivity contribution in [2.75, 3.05) is 31.6 Å². The van der Waals surface area contributed by atoms with E-state index in [0.29, 0.717) is 11.6 Å². The molecule has 0 N–H and O–H groups in total. The van der Waals surface area contributed by atoms with Gasteiger partial charge in [-0.3, -0.25) is 4.40 Å². The minimum Gasteiger partial charge on any atom is -0.356 e. The van der Waals surface area contributed by atoms with Gasteiger partial charge in [0.05, 0.1) is 16.6 Å². The van der Waals surface area contributed by atoms with Crippen LogP contribution in [0.4, 0.5) is 5.82 Å². The molecule has 0 spiro atoms. The summed E-state index contributed by atoms with van der Waals surface area (Å²) in [5.41, 5.74) is 4.43. The topological polar surface area (TPSA) is 47.6 Å². The van der Waals surface area contributed by atoms with Crippen molar-refractivity contribution in [3.8, 4) is 6.07 Å². The Morgan fingerprint density at radius 3 is 2.92 bits per heavy atom. The molecule has 5 heteroatoms. The van der Waals surface area contributed by atoms with Crippen LogP contribution in [0.15, 0.2) is 30.3 Å². The average Bonchev–Trinajstić information content (AvgIpc) is 3.25. The second-order valence-electron chi connectivity index (χ2n) is 6.89. The number of para-hydroxylation sites is 2. The molecule has 1 aliphatic rings. The highest BCUT2D eigenvalue weighted by atomic mass is 15.3. The summed E-state index contributed by atoms with van der Waals surface area (Å²) in [6, 6.07) is 13.2. The second-order valence-corrected chi connectivity index (χ2v) is 6.89. The van der Waals surface area contributed by atoms with Crippen molar-refractivity contribution in [2.45, 2.75) is 26.3 Å². The zero-order valence-corrected chi connectivity index (χ0v) is 15.0. The standard InChI is InChI=1S/C20H23N5/c1-4-23(3)15-9-10-24(13-15)19-11-14(2)16(12-21)20-22-17-7-5-6-8-18(17)25(19)20/h5-8,11,15H,4,9-10,13H2,1-3H3. The number of rotatable bonds is 3. The lowest BCUT2D eigenvalue weighted by molar-refractivity contribution is 0.272. The average molecular weight is 333 g/mol. The number of imidazole rings is 1. The van der Waals surface area contributed by atoms with Gasteiger partial charge in [0.1, 0.15) is 11.9 Å². The molecule has 0 aliphatic carbocycles. The van der Waals surface area contributed by atoms with E-state index in [9.17, 15) is 5.26 Å². The van der Waals surface area contributed by atoms with E-state index in [1.807, 2.05) is 25.1 Å². The van der Waals surface area contributed by atoms with Gasteiger partial charge in [-0.15, -0.1) is 0 Å². The van der Waals surface area contributed by atoms with Gasteiger partial charge < -0.3 is 9.80 Å². The molecular formula is C20H23N5. The van der Waals surface area contributed by atoms with Crippen molar-refractivity contribution < 1.29 is 0 Å². The van der Waals surface area contributed by atoms with Gasteiger partial charge in [0.25, 0.3) is 0 Å². The molecule has 25 heavy (non-hydrogen) atoms. The normalized spacial score (nSPS) is 17.7. The van der Waals surface area contributed by atoms with Crippen LogP contribution < -0.4 is 4.90 Å². The van der Waals surface area contributed by atoms with E-state index in [0.717, 1.165) is 54.1 Å². The number of likely N-dealkylation sites (N-methyl/N-ethyl adjacent to an activating group) is 1. The van der Waals surface area contributed by atoms with Crippen LogP contribution in [-0.4, -0.2) is 47.0 Å². The number of hydrogen-bond donors (Lipinski definition) is 0. The second kappa shape index (κ2) is 6.05. The third-order valence-electron chi connectivity index (χ3n) is 5.47. The van der Waals surface area contributed by atoms with E-state index in [1.165, 1.54) is 0 Å². The Hall–Kier alpha value is -2.58. The Morgan fingerprint density at radius 1 is 1.36 bits per heavy atom. The molecule has 1 saturated heterocycles. The van der Waals surface area contributed by atoms with Crippen LogP contribution in [0.5, 0.6) is 0 Å². The van der Waals surface area contributed by atoms with Crippen molar-refractivity contribution in [3.05, 3.63) is 41.5 Å². The van der Waals surface area contributed by atoms with Crippen LogP contribution in [0.1, 0.15) is 24.5 Å². The number of nitriles is 1. The lowest BCUT2D eigenvalue weighted by Gasteiger charge is -2.25. The maximum atomic E-state index is 9.62. The molecule has 2 aromatic heterocycles. The van der Waals surface area contributed by atoms with E-state index in [-0.39, 0.29) is 0 Å². The van der Waals surface area contributed by atoms with Crippen molar-refractivity contribution in [2.24, 2.45) is 0 Å². The summed E-state index contributed by atoms with van der Waals surface area (Å²) in [5, 5.41) is 9.62. The van der Waals surface area contributed by atoms with Crippen LogP contribution in [-0.2, 0) is 0 Å². The Kier molecular flexibility index (Phi) is 3.85. The Morgan fingerprint density at radius 2 is 2.16 bits per heavy atom. The highest BCUT2D eigenvalue weighted by molar-refractivity contribution is 5.85. The molecule has 1 fully saturated rings. The van der Waals surface area contributed by atoms with Gasteiger partial charge in [-0.25, -0.2) is 4.98 Å². The number of aryl methyl sites for hydroxylation is 1. The van der Waals surface area contributed by atoms with Crippen LogP contribution in [0, 0.1) is 18.3 Å². The Labute approximate surface area is 148 Å². The predicted octanol–water partition coefficient (Wildman–Crippen LogP) is 3.20. The molecule has 0 bridgehead atoms. The molecule has 1 atom stereocenters. The minimum absolute atomic E-state index is 0.575. The Bertz CT molecular complexity index is 981. The van der Waals surface area contributed by atoms with Crippen molar-refractivity contribution >= 4 is 22.5 Å². The van der Waals surface area contributed by atoms with Gasteiger partial charge in [-0.1, -0.05) is 19.1 Å². The fourth-order valence-electron chi connectivity index (χ4n) is 3.87. The third kappa shape index (κ3) is 2.45. The molecule has 4 rings (SSSR count). The first-order valence-electron chi connectivity index (χ1n) is 8.90. The van der Waals surface area contributed by atoms with Crippen LogP contribution in [0.25, 0.3) is 16.7 Å². The number of fused-ring (bicyclic) bond motifs is 3. The maximum Gasteiger partial charge on any atom is 0.157 e. The Balaban J connectivity index is 1.91. The first kappa shape index (κ1) is 15.9. The third-order valence-corrected chi connectivity index (χ3v) is 5.47. The van der Waals surface area contributed by atoms with Crippen LogP contribution in [0.3, 0.4) is 0 Å². The summed E-state index contributed by atoms with van der Waals surface area (Å²) in [7, 11) is 2.19. The zero-order chi connectivity index (χ0) is 17.6. The van der Waals surface area contributed by atoms with Crippen molar-refractivity contribution in [1.82, 2.24) is 14.3 Å². The molecule has 128 valence electrons. The quantitative estimate of drug-likeness (QED) is 0.738. The van der Waals surface area contributed by atoms with Crippen LogP contribution in [0.2, 0.25) is 0 Å². The molecule has 1 aromatic carbocycles. The van der Waals surface area contributed by atoms with E-state index in [1.54, 1.807) is 0 Å². The lowest BCUT2D eigenvalue weighted by Crippen LogP contribution is -2.34.